The number of alkyl halides is 2. The number of hydrogen-bond donors (Lipinski definition) is 2. The molecule has 0 saturated heterocycles. The molecule has 2 N–H and O–H groups in total. The standard InChI is InChI=1S/C12H14ClF2NO3/c13-9-3-4-10(19-12(14)15)8(6-9)7-16-5-1-2-11(17)18/h3-4,6,12,16H,1-2,5,7H2,(H,17,18). The molecule has 0 fully saturated rings. The van der Waals surface area contributed by atoms with Gasteiger partial charge in [-0.1, -0.05) is 11.6 Å². The van der Waals surface area contributed by atoms with Crippen LogP contribution in [0.2, 0.25) is 5.02 Å². The zero-order chi connectivity index (χ0) is 14.3. The van der Waals surface area contributed by atoms with Crippen LogP contribution in [-0.2, 0) is 11.3 Å². The fourth-order valence-corrected chi connectivity index (χ4v) is 1.68. The van der Waals surface area contributed by atoms with E-state index < -0.39 is 12.6 Å². The Labute approximate surface area is 114 Å². The highest BCUT2D eigenvalue weighted by atomic mass is 35.5. The molecule has 7 heteroatoms. The van der Waals surface area contributed by atoms with Crippen molar-refractivity contribution in [1.82, 2.24) is 5.32 Å². The summed E-state index contributed by atoms with van der Waals surface area (Å²) in [5.74, 6) is -0.809. The van der Waals surface area contributed by atoms with Crippen LogP contribution in [0.15, 0.2) is 18.2 Å². The first-order valence-corrected chi connectivity index (χ1v) is 6.02. The van der Waals surface area contributed by atoms with Gasteiger partial charge in [-0.3, -0.25) is 4.79 Å². The number of benzene rings is 1. The fourth-order valence-electron chi connectivity index (χ4n) is 1.48. The third-order valence-electron chi connectivity index (χ3n) is 2.30. The van der Waals surface area contributed by atoms with E-state index in [9.17, 15) is 13.6 Å². The lowest BCUT2D eigenvalue weighted by atomic mass is 10.2. The molecule has 106 valence electrons. The van der Waals surface area contributed by atoms with E-state index in [1.165, 1.54) is 18.2 Å². The zero-order valence-electron chi connectivity index (χ0n) is 10.0. The van der Waals surface area contributed by atoms with Crippen LogP contribution in [0, 0.1) is 0 Å². The predicted molar refractivity (Wildman–Crippen MR) is 66.7 cm³/mol. The van der Waals surface area contributed by atoms with Gasteiger partial charge in [-0.05, 0) is 31.2 Å². The van der Waals surface area contributed by atoms with Crippen molar-refractivity contribution in [3.63, 3.8) is 0 Å². The van der Waals surface area contributed by atoms with E-state index in [0.717, 1.165) is 0 Å². The molecule has 19 heavy (non-hydrogen) atoms. The maximum absolute atomic E-state index is 12.2. The number of carboxylic acid groups (broad SMARTS) is 1. The smallest absolute Gasteiger partial charge is 0.387 e. The SMILES string of the molecule is O=C(O)CCCNCc1cc(Cl)ccc1OC(F)F. The maximum atomic E-state index is 12.2. The van der Waals surface area contributed by atoms with Gasteiger partial charge < -0.3 is 15.2 Å². The normalized spacial score (nSPS) is 10.7. The average molecular weight is 294 g/mol. The summed E-state index contributed by atoms with van der Waals surface area (Å²) < 4.78 is 28.8. The van der Waals surface area contributed by atoms with Gasteiger partial charge in [0.05, 0.1) is 0 Å². The van der Waals surface area contributed by atoms with Crippen LogP contribution in [0.1, 0.15) is 18.4 Å². The van der Waals surface area contributed by atoms with Crippen molar-refractivity contribution in [2.24, 2.45) is 0 Å². The molecular formula is C12H14ClF2NO3. The Morgan fingerprint density at radius 2 is 2.21 bits per heavy atom. The van der Waals surface area contributed by atoms with Gasteiger partial charge in [0.2, 0.25) is 0 Å². The molecule has 0 aromatic heterocycles. The van der Waals surface area contributed by atoms with Gasteiger partial charge in [0.1, 0.15) is 5.75 Å². The summed E-state index contributed by atoms with van der Waals surface area (Å²) in [5, 5.41) is 11.8. The molecule has 1 aromatic rings. The number of carbonyl (C=O) groups is 1. The molecule has 0 radical (unpaired) electrons. The van der Waals surface area contributed by atoms with Gasteiger partial charge in [-0.2, -0.15) is 8.78 Å². The second kappa shape index (κ2) is 7.91. The van der Waals surface area contributed by atoms with Gasteiger partial charge >= 0.3 is 12.6 Å². The second-order valence-electron chi connectivity index (χ2n) is 3.80. The number of nitrogens with one attached hydrogen (secondary N) is 1. The monoisotopic (exact) mass is 293 g/mol. The minimum absolute atomic E-state index is 0.0585. The van der Waals surface area contributed by atoms with Crippen LogP contribution in [0.4, 0.5) is 8.78 Å². The Hall–Kier alpha value is -1.40. The summed E-state index contributed by atoms with van der Waals surface area (Å²) in [7, 11) is 0. The number of hydrogen-bond acceptors (Lipinski definition) is 3. The first-order valence-electron chi connectivity index (χ1n) is 5.65. The summed E-state index contributed by atoms with van der Waals surface area (Å²) in [4.78, 5) is 10.3. The van der Waals surface area contributed by atoms with Crippen molar-refractivity contribution in [3.05, 3.63) is 28.8 Å². The van der Waals surface area contributed by atoms with Crippen molar-refractivity contribution in [2.45, 2.75) is 26.0 Å². The number of rotatable bonds is 8. The highest BCUT2D eigenvalue weighted by Crippen LogP contribution is 2.24. The first-order chi connectivity index (χ1) is 8.99. The van der Waals surface area contributed by atoms with E-state index in [-0.39, 0.29) is 18.7 Å². The largest absolute Gasteiger partial charge is 0.481 e. The summed E-state index contributed by atoms with van der Waals surface area (Å²) in [6.07, 6.45) is 0.518. The van der Waals surface area contributed by atoms with Crippen LogP contribution in [0.25, 0.3) is 0 Å². The highest BCUT2D eigenvalue weighted by molar-refractivity contribution is 6.30. The lowest BCUT2D eigenvalue weighted by molar-refractivity contribution is -0.137. The lowest BCUT2D eigenvalue weighted by Crippen LogP contribution is -2.17. The number of halogens is 3. The van der Waals surface area contributed by atoms with Crippen LogP contribution in [0.5, 0.6) is 5.75 Å². The van der Waals surface area contributed by atoms with Crippen molar-refractivity contribution in [3.8, 4) is 5.75 Å². The quantitative estimate of drug-likeness (QED) is 0.724. The Morgan fingerprint density at radius 1 is 1.47 bits per heavy atom. The van der Waals surface area contributed by atoms with E-state index in [0.29, 0.717) is 23.6 Å². The average Bonchev–Trinajstić information content (AvgIpc) is 2.31. The van der Waals surface area contributed by atoms with Gasteiger partial charge in [0.15, 0.2) is 0 Å². The van der Waals surface area contributed by atoms with Crippen LogP contribution < -0.4 is 10.1 Å². The van der Waals surface area contributed by atoms with E-state index in [1.54, 1.807) is 0 Å². The predicted octanol–water partition coefficient (Wildman–Crippen LogP) is 2.90. The molecule has 0 aliphatic rings. The number of carboxylic acids is 1. The molecule has 0 saturated carbocycles. The molecule has 0 amide bonds. The summed E-state index contributed by atoms with van der Waals surface area (Å²) in [5.41, 5.74) is 0.503. The summed E-state index contributed by atoms with van der Waals surface area (Å²) in [6, 6.07) is 4.37. The molecule has 0 aliphatic carbocycles. The molecule has 0 unspecified atom stereocenters. The van der Waals surface area contributed by atoms with Gasteiger partial charge in [0.25, 0.3) is 0 Å². The zero-order valence-corrected chi connectivity index (χ0v) is 10.8. The number of aliphatic carboxylic acids is 1. The van der Waals surface area contributed by atoms with E-state index in [2.05, 4.69) is 10.1 Å². The Kier molecular flexibility index (Phi) is 6.52. The molecule has 0 atom stereocenters. The van der Waals surface area contributed by atoms with Gasteiger partial charge in [0, 0.05) is 23.6 Å². The molecule has 0 spiro atoms. The van der Waals surface area contributed by atoms with Gasteiger partial charge in [-0.25, -0.2) is 0 Å². The van der Waals surface area contributed by atoms with Crippen molar-refractivity contribution >= 4 is 17.6 Å². The minimum Gasteiger partial charge on any atom is -0.481 e. The molecule has 4 nitrogen and oxygen atoms in total. The molecule has 0 aliphatic heterocycles. The fraction of sp³-hybridized carbons (Fsp3) is 0.417. The Bertz CT molecular complexity index is 429. The lowest BCUT2D eigenvalue weighted by Gasteiger charge is -2.11. The Balaban J connectivity index is 2.51. The van der Waals surface area contributed by atoms with Crippen molar-refractivity contribution in [2.75, 3.05) is 6.54 Å². The third-order valence-corrected chi connectivity index (χ3v) is 2.53. The second-order valence-corrected chi connectivity index (χ2v) is 4.24. The van der Waals surface area contributed by atoms with Crippen LogP contribution >= 0.6 is 11.6 Å². The summed E-state index contributed by atoms with van der Waals surface area (Å²) >= 11 is 5.79. The van der Waals surface area contributed by atoms with E-state index in [4.69, 9.17) is 16.7 Å². The number of ether oxygens (including phenoxy) is 1. The van der Waals surface area contributed by atoms with Crippen LogP contribution in [0.3, 0.4) is 0 Å². The first kappa shape index (κ1) is 15.7. The van der Waals surface area contributed by atoms with Crippen molar-refractivity contribution in [1.29, 1.82) is 0 Å². The Morgan fingerprint density at radius 3 is 2.84 bits per heavy atom. The topological polar surface area (TPSA) is 58.6 Å². The van der Waals surface area contributed by atoms with E-state index in [1.807, 2.05) is 0 Å². The highest BCUT2D eigenvalue weighted by Gasteiger charge is 2.10. The maximum Gasteiger partial charge on any atom is 0.387 e. The molecule has 0 bridgehead atoms. The molecule has 1 aromatic carbocycles. The summed E-state index contributed by atoms with van der Waals surface area (Å²) in [6.45, 7) is -2.15. The molecule has 1 rings (SSSR count). The van der Waals surface area contributed by atoms with Crippen LogP contribution in [-0.4, -0.2) is 24.2 Å². The molecular weight excluding hydrogens is 280 g/mol. The third kappa shape index (κ3) is 6.35. The molecule has 0 heterocycles. The van der Waals surface area contributed by atoms with Crippen molar-refractivity contribution < 1.29 is 23.4 Å². The van der Waals surface area contributed by atoms with Gasteiger partial charge in [-0.15, -0.1) is 0 Å². The minimum atomic E-state index is -2.90. The van der Waals surface area contributed by atoms with E-state index >= 15 is 0 Å².